The first-order chi connectivity index (χ1) is 14.0. The van der Waals surface area contributed by atoms with Gasteiger partial charge in [0.15, 0.2) is 5.13 Å². The highest BCUT2D eigenvalue weighted by Crippen LogP contribution is 2.30. The van der Waals surface area contributed by atoms with Gasteiger partial charge in [0.05, 0.1) is 16.7 Å². The topological polar surface area (TPSA) is 126 Å². The maximum absolute atomic E-state index is 11.8. The molecule has 10 heteroatoms. The molecule has 0 atom stereocenters. The lowest BCUT2D eigenvalue weighted by atomic mass is 10.2. The molecule has 4 N–H and O–H groups in total. The molecule has 0 aliphatic rings. The highest BCUT2D eigenvalue weighted by molar-refractivity contribution is 7.13. The van der Waals surface area contributed by atoms with Gasteiger partial charge in [0, 0.05) is 24.6 Å². The van der Waals surface area contributed by atoms with Crippen LogP contribution in [0.5, 0.6) is 11.5 Å². The van der Waals surface area contributed by atoms with Crippen molar-refractivity contribution >= 4 is 51.1 Å². The zero-order valence-electron chi connectivity index (χ0n) is 15.2. The van der Waals surface area contributed by atoms with Crippen molar-refractivity contribution in [3.05, 3.63) is 54.0 Å². The molecule has 146 valence electrons. The van der Waals surface area contributed by atoms with Crippen molar-refractivity contribution in [1.29, 1.82) is 0 Å². The van der Waals surface area contributed by atoms with Gasteiger partial charge >= 0.3 is 6.03 Å². The van der Waals surface area contributed by atoms with Crippen LogP contribution in [0.4, 0.5) is 21.6 Å². The van der Waals surface area contributed by atoms with Gasteiger partial charge in [0.25, 0.3) is 0 Å². The van der Waals surface area contributed by atoms with E-state index >= 15 is 0 Å². The van der Waals surface area contributed by atoms with Crippen molar-refractivity contribution in [3.8, 4) is 11.5 Å². The molecular weight excluding hydrogens is 392 g/mol. The van der Waals surface area contributed by atoms with E-state index in [1.54, 1.807) is 48.0 Å². The molecule has 0 fully saturated rings. The first-order valence-corrected chi connectivity index (χ1v) is 9.42. The number of H-pyrrole nitrogens is 1. The van der Waals surface area contributed by atoms with Gasteiger partial charge in [0.2, 0.25) is 11.9 Å². The number of aromatic nitrogens is 3. The Labute approximate surface area is 169 Å². The van der Waals surface area contributed by atoms with Crippen LogP contribution >= 0.6 is 11.3 Å². The van der Waals surface area contributed by atoms with Crippen molar-refractivity contribution in [2.75, 3.05) is 10.2 Å². The Morgan fingerprint density at radius 2 is 1.93 bits per heavy atom. The molecule has 0 aliphatic carbocycles. The predicted octanol–water partition coefficient (Wildman–Crippen LogP) is 3.99. The molecule has 0 saturated carbocycles. The first kappa shape index (κ1) is 18.4. The molecular formula is C19H16N6O3S. The minimum absolute atomic E-state index is 0.205. The van der Waals surface area contributed by atoms with Gasteiger partial charge in [-0.2, -0.15) is 0 Å². The van der Waals surface area contributed by atoms with E-state index in [1.165, 1.54) is 23.2 Å². The summed E-state index contributed by atoms with van der Waals surface area (Å²) >= 11 is 1.31. The summed E-state index contributed by atoms with van der Waals surface area (Å²) in [6.07, 6.45) is 1.61. The van der Waals surface area contributed by atoms with Crippen LogP contribution in [0.3, 0.4) is 0 Å². The number of carbonyl (C=O) groups excluding carboxylic acids is 2. The molecule has 0 radical (unpaired) electrons. The van der Waals surface area contributed by atoms with E-state index in [-0.39, 0.29) is 5.91 Å². The number of benzene rings is 2. The fourth-order valence-corrected chi connectivity index (χ4v) is 3.40. The molecule has 4 rings (SSSR count). The number of primary amides is 1. The van der Waals surface area contributed by atoms with Crippen LogP contribution < -0.4 is 20.7 Å². The van der Waals surface area contributed by atoms with E-state index in [0.29, 0.717) is 33.8 Å². The van der Waals surface area contributed by atoms with E-state index in [4.69, 9.17) is 10.5 Å². The summed E-state index contributed by atoms with van der Waals surface area (Å²) in [7, 11) is 0. The second-order valence-corrected chi connectivity index (χ2v) is 6.90. The fraction of sp³-hybridized carbons (Fsp3) is 0.0526. The predicted molar refractivity (Wildman–Crippen MR) is 111 cm³/mol. The highest BCUT2D eigenvalue weighted by atomic mass is 32.1. The molecule has 29 heavy (non-hydrogen) atoms. The van der Waals surface area contributed by atoms with Gasteiger partial charge in [0.1, 0.15) is 11.5 Å². The SMILES string of the molecule is CC(=O)Nc1nc2cc(Oc3ccc(N(C(N)=O)c4nccs4)cc3)ccc2[nH]1. The Kier molecular flexibility index (Phi) is 4.83. The molecule has 0 saturated heterocycles. The number of nitrogens with one attached hydrogen (secondary N) is 2. The summed E-state index contributed by atoms with van der Waals surface area (Å²) in [5.74, 6) is 1.33. The molecule has 2 heterocycles. The van der Waals surface area contributed by atoms with Crippen molar-refractivity contribution in [2.45, 2.75) is 6.92 Å². The second-order valence-electron chi connectivity index (χ2n) is 6.03. The summed E-state index contributed by atoms with van der Waals surface area (Å²) in [4.78, 5) is 35.7. The number of anilines is 3. The van der Waals surface area contributed by atoms with Crippen molar-refractivity contribution in [1.82, 2.24) is 15.0 Å². The molecule has 2 aromatic carbocycles. The maximum Gasteiger partial charge on any atom is 0.325 e. The summed E-state index contributed by atoms with van der Waals surface area (Å²) in [6.45, 7) is 1.42. The van der Waals surface area contributed by atoms with E-state index in [1.807, 2.05) is 6.07 Å². The number of rotatable bonds is 5. The van der Waals surface area contributed by atoms with Crippen LogP contribution in [-0.2, 0) is 4.79 Å². The van der Waals surface area contributed by atoms with Crippen LogP contribution in [0.15, 0.2) is 54.0 Å². The lowest BCUT2D eigenvalue weighted by Crippen LogP contribution is -2.31. The number of aromatic amines is 1. The minimum Gasteiger partial charge on any atom is -0.457 e. The minimum atomic E-state index is -0.618. The van der Waals surface area contributed by atoms with Gasteiger partial charge in [-0.1, -0.05) is 0 Å². The Hall–Kier alpha value is -3.92. The molecule has 0 spiro atoms. The summed E-state index contributed by atoms with van der Waals surface area (Å²) in [6, 6.07) is 11.7. The largest absolute Gasteiger partial charge is 0.457 e. The molecule has 4 aromatic rings. The van der Waals surface area contributed by atoms with E-state index in [9.17, 15) is 9.59 Å². The Balaban J connectivity index is 1.54. The number of urea groups is 1. The van der Waals surface area contributed by atoms with Crippen molar-refractivity contribution in [3.63, 3.8) is 0 Å². The number of fused-ring (bicyclic) bond motifs is 1. The Morgan fingerprint density at radius 3 is 2.59 bits per heavy atom. The molecule has 0 aliphatic heterocycles. The maximum atomic E-state index is 11.8. The van der Waals surface area contributed by atoms with E-state index in [0.717, 1.165) is 5.52 Å². The molecule has 9 nitrogen and oxygen atoms in total. The number of hydrogen-bond donors (Lipinski definition) is 3. The van der Waals surface area contributed by atoms with Crippen LogP contribution in [0, 0.1) is 0 Å². The average molecular weight is 408 g/mol. The highest BCUT2D eigenvalue weighted by Gasteiger charge is 2.17. The Morgan fingerprint density at radius 1 is 1.17 bits per heavy atom. The average Bonchev–Trinajstić information content (AvgIpc) is 3.32. The number of hydrogen-bond acceptors (Lipinski definition) is 6. The quantitative estimate of drug-likeness (QED) is 0.460. The number of carbonyl (C=O) groups is 2. The first-order valence-electron chi connectivity index (χ1n) is 8.54. The van der Waals surface area contributed by atoms with Gasteiger partial charge in [-0.05, 0) is 36.4 Å². The lowest BCUT2D eigenvalue weighted by Gasteiger charge is -2.17. The number of nitrogens with zero attached hydrogens (tertiary/aromatic N) is 3. The molecule has 0 unspecified atom stereocenters. The normalized spacial score (nSPS) is 10.7. The third-order valence-corrected chi connectivity index (χ3v) is 4.67. The number of ether oxygens (including phenoxy) is 1. The second kappa shape index (κ2) is 7.60. The van der Waals surface area contributed by atoms with Crippen molar-refractivity contribution in [2.24, 2.45) is 5.73 Å². The Bertz CT molecular complexity index is 1170. The zero-order chi connectivity index (χ0) is 20.4. The molecule has 0 bridgehead atoms. The van der Waals surface area contributed by atoms with Gasteiger partial charge in [-0.25, -0.2) is 19.7 Å². The van der Waals surface area contributed by atoms with Crippen molar-refractivity contribution < 1.29 is 14.3 Å². The van der Waals surface area contributed by atoms with Gasteiger partial charge in [-0.3, -0.25) is 10.1 Å². The zero-order valence-corrected chi connectivity index (χ0v) is 16.1. The number of nitrogens with two attached hydrogens (primary N) is 1. The van der Waals surface area contributed by atoms with Crippen LogP contribution in [0.2, 0.25) is 0 Å². The van der Waals surface area contributed by atoms with Crippen LogP contribution in [0.1, 0.15) is 6.92 Å². The molecule has 2 aromatic heterocycles. The fourth-order valence-electron chi connectivity index (χ4n) is 2.73. The van der Waals surface area contributed by atoms with E-state index < -0.39 is 6.03 Å². The van der Waals surface area contributed by atoms with Crippen LogP contribution in [-0.4, -0.2) is 26.9 Å². The monoisotopic (exact) mass is 408 g/mol. The number of imidazole rings is 1. The van der Waals surface area contributed by atoms with Crippen LogP contribution in [0.25, 0.3) is 11.0 Å². The standard InChI is InChI=1S/C19H16N6O3S/c1-11(26)22-18-23-15-7-6-14(10-16(15)24-18)28-13-4-2-12(3-5-13)25(17(20)27)19-21-8-9-29-19/h2-10H,1H3,(H2,20,27)(H2,22,23,24,26). The summed E-state index contributed by atoms with van der Waals surface area (Å²) in [5, 5.41) is 4.87. The third-order valence-electron chi connectivity index (χ3n) is 3.91. The smallest absolute Gasteiger partial charge is 0.325 e. The summed E-state index contributed by atoms with van der Waals surface area (Å²) < 4.78 is 5.87. The van der Waals surface area contributed by atoms with E-state index in [2.05, 4.69) is 20.3 Å². The number of thiazole rings is 1. The number of amides is 3. The lowest BCUT2D eigenvalue weighted by molar-refractivity contribution is -0.114. The molecule has 3 amide bonds. The summed E-state index contributed by atoms with van der Waals surface area (Å²) in [5.41, 5.74) is 7.51. The van der Waals surface area contributed by atoms with Gasteiger partial charge in [-0.15, -0.1) is 11.3 Å². The van der Waals surface area contributed by atoms with Gasteiger partial charge < -0.3 is 15.5 Å². The third kappa shape index (κ3) is 4.01.